The molecule has 6 heteroatoms. The smallest absolute Gasteiger partial charge is 0.328 e. The van der Waals surface area contributed by atoms with E-state index in [1.807, 2.05) is 0 Å². The van der Waals surface area contributed by atoms with Gasteiger partial charge in [0.1, 0.15) is 11.8 Å². The largest absolute Gasteiger partial charge is 0.507 e. The Labute approximate surface area is 121 Å². The summed E-state index contributed by atoms with van der Waals surface area (Å²) in [5.74, 6) is -0.101. The lowest BCUT2D eigenvalue weighted by atomic mass is 10.2. The number of nitrogens with zero attached hydrogens (tertiary/aromatic N) is 1. The van der Waals surface area contributed by atoms with Crippen LogP contribution < -0.4 is 0 Å². The standard InChI is InChI=1S/C14H17NO4S/c1-19-14(18)10-5-4-8-15(10)13(17)9-20-12-7-3-2-6-11(12)16/h2-3,6-7,10,16H,4-5,8-9H2,1H3/t10-/m0/s1. The van der Waals surface area contributed by atoms with E-state index in [-0.39, 0.29) is 23.4 Å². The zero-order valence-electron chi connectivity index (χ0n) is 11.2. The average molecular weight is 295 g/mol. The fourth-order valence-corrected chi connectivity index (χ4v) is 3.08. The lowest BCUT2D eigenvalue weighted by Crippen LogP contribution is -2.41. The molecule has 1 fully saturated rings. The highest BCUT2D eigenvalue weighted by Gasteiger charge is 2.34. The Bertz CT molecular complexity index is 506. The number of thioether (sulfide) groups is 1. The van der Waals surface area contributed by atoms with E-state index in [1.165, 1.54) is 18.9 Å². The quantitative estimate of drug-likeness (QED) is 0.676. The molecule has 2 rings (SSSR count). The van der Waals surface area contributed by atoms with Crippen molar-refractivity contribution in [3.63, 3.8) is 0 Å². The summed E-state index contributed by atoms with van der Waals surface area (Å²) in [6.07, 6.45) is 1.46. The predicted molar refractivity (Wildman–Crippen MR) is 75.6 cm³/mol. The number of carbonyl (C=O) groups excluding carboxylic acids is 2. The van der Waals surface area contributed by atoms with Crippen LogP contribution in [-0.4, -0.2) is 47.3 Å². The van der Waals surface area contributed by atoms with Crippen LogP contribution >= 0.6 is 11.8 Å². The van der Waals surface area contributed by atoms with Gasteiger partial charge in [-0.05, 0) is 25.0 Å². The van der Waals surface area contributed by atoms with Crippen molar-refractivity contribution >= 4 is 23.6 Å². The molecule has 1 saturated heterocycles. The molecule has 1 heterocycles. The van der Waals surface area contributed by atoms with Crippen molar-refractivity contribution in [2.45, 2.75) is 23.8 Å². The second kappa shape index (κ2) is 6.65. The van der Waals surface area contributed by atoms with Crippen LogP contribution in [0, 0.1) is 0 Å². The summed E-state index contributed by atoms with van der Waals surface area (Å²) < 4.78 is 4.72. The number of rotatable bonds is 4. The SMILES string of the molecule is COC(=O)[C@@H]1CCCN1C(=O)CSc1ccccc1O. The van der Waals surface area contributed by atoms with Gasteiger partial charge in [-0.15, -0.1) is 11.8 Å². The number of aromatic hydroxyl groups is 1. The molecule has 0 aromatic heterocycles. The number of ether oxygens (including phenoxy) is 1. The first kappa shape index (κ1) is 14.7. The Morgan fingerprint density at radius 3 is 2.90 bits per heavy atom. The van der Waals surface area contributed by atoms with Gasteiger partial charge in [-0.3, -0.25) is 4.79 Å². The van der Waals surface area contributed by atoms with Gasteiger partial charge in [0.05, 0.1) is 12.9 Å². The summed E-state index contributed by atoms with van der Waals surface area (Å²) in [6, 6.07) is 6.42. The van der Waals surface area contributed by atoms with E-state index in [9.17, 15) is 14.7 Å². The van der Waals surface area contributed by atoms with Gasteiger partial charge in [-0.1, -0.05) is 12.1 Å². The van der Waals surface area contributed by atoms with Crippen molar-refractivity contribution in [3.05, 3.63) is 24.3 Å². The van der Waals surface area contributed by atoms with Crippen LogP contribution in [0.3, 0.4) is 0 Å². The third-order valence-corrected chi connectivity index (χ3v) is 4.31. The maximum absolute atomic E-state index is 12.2. The molecule has 0 spiro atoms. The molecular formula is C14H17NO4S. The number of hydrogen-bond donors (Lipinski definition) is 1. The number of esters is 1. The summed E-state index contributed by atoms with van der Waals surface area (Å²) in [4.78, 5) is 26.0. The number of likely N-dealkylation sites (tertiary alicyclic amines) is 1. The molecule has 0 bridgehead atoms. The molecule has 0 unspecified atom stereocenters. The van der Waals surface area contributed by atoms with Gasteiger partial charge in [0, 0.05) is 11.4 Å². The van der Waals surface area contributed by atoms with Crippen molar-refractivity contribution < 1.29 is 19.4 Å². The van der Waals surface area contributed by atoms with Gasteiger partial charge in [0.25, 0.3) is 0 Å². The molecule has 108 valence electrons. The average Bonchev–Trinajstić information content (AvgIpc) is 2.94. The van der Waals surface area contributed by atoms with E-state index in [0.29, 0.717) is 17.9 Å². The zero-order valence-corrected chi connectivity index (χ0v) is 12.1. The van der Waals surface area contributed by atoms with Crippen molar-refractivity contribution in [2.24, 2.45) is 0 Å². The highest BCUT2D eigenvalue weighted by atomic mass is 32.2. The minimum absolute atomic E-state index is 0.105. The Balaban J connectivity index is 1.95. The van der Waals surface area contributed by atoms with Crippen molar-refractivity contribution in [1.29, 1.82) is 0 Å². The molecular weight excluding hydrogens is 278 g/mol. The molecule has 5 nitrogen and oxygen atoms in total. The summed E-state index contributed by atoms with van der Waals surface area (Å²) >= 11 is 1.27. The van der Waals surface area contributed by atoms with Crippen LogP contribution in [-0.2, 0) is 14.3 Å². The number of carbonyl (C=O) groups is 2. The van der Waals surface area contributed by atoms with E-state index in [4.69, 9.17) is 4.74 Å². The Morgan fingerprint density at radius 1 is 1.45 bits per heavy atom. The van der Waals surface area contributed by atoms with E-state index >= 15 is 0 Å². The first-order chi connectivity index (χ1) is 9.63. The van der Waals surface area contributed by atoms with Gasteiger partial charge in [-0.25, -0.2) is 4.79 Å². The first-order valence-electron chi connectivity index (χ1n) is 6.41. The molecule has 1 aromatic rings. The minimum atomic E-state index is -0.461. The van der Waals surface area contributed by atoms with Gasteiger partial charge >= 0.3 is 5.97 Å². The van der Waals surface area contributed by atoms with Crippen LogP contribution in [0.15, 0.2) is 29.2 Å². The number of phenols is 1. The summed E-state index contributed by atoms with van der Waals surface area (Å²) in [7, 11) is 1.33. The Morgan fingerprint density at radius 2 is 2.20 bits per heavy atom. The Kier molecular flexibility index (Phi) is 4.89. The highest BCUT2D eigenvalue weighted by Crippen LogP contribution is 2.28. The summed E-state index contributed by atoms with van der Waals surface area (Å²) in [5, 5.41) is 9.65. The molecule has 1 aromatic carbocycles. The monoisotopic (exact) mass is 295 g/mol. The second-order valence-electron chi connectivity index (χ2n) is 4.52. The summed E-state index contributed by atoms with van der Waals surface area (Å²) in [6.45, 7) is 0.583. The molecule has 0 saturated carbocycles. The highest BCUT2D eigenvalue weighted by molar-refractivity contribution is 8.00. The van der Waals surface area contributed by atoms with Gasteiger partial charge in [0.2, 0.25) is 5.91 Å². The topological polar surface area (TPSA) is 66.8 Å². The molecule has 0 aliphatic carbocycles. The lowest BCUT2D eigenvalue weighted by Gasteiger charge is -2.22. The molecule has 20 heavy (non-hydrogen) atoms. The first-order valence-corrected chi connectivity index (χ1v) is 7.40. The molecule has 1 aliphatic rings. The zero-order chi connectivity index (χ0) is 14.5. The van der Waals surface area contributed by atoms with Crippen LogP contribution in [0.2, 0.25) is 0 Å². The minimum Gasteiger partial charge on any atom is -0.507 e. The van der Waals surface area contributed by atoms with Crippen molar-refractivity contribution in [3.8, 4) is 5.75 Å². The third kappa shape index (κ3) is 3.25. The van der Waals surface area contributed by atoms with E-state index in [2.05, 4.69) is 0 Å². The molecule has 1 amide bonds. The summed E-state index contributed by atoms with van der Waals surface area (Å²) in [5.41, 5.74) is 0. The van der Waals surface area contributed by atoms with Crippen molar-refractivity contribution in [1.82, 2.24) is 4.90 Å². The van der Waals surface area contributed by atoms with Gasteiger partial charge in [-0.2, -0.15) is 0 Å². The van der Waals surface area contributed by atoms with E-state index < -0.39 is 6.04 Å². The number of para-hydroxylation sites is 1. The van der Waals surface area contributed by atoms with Crippen LogP contribution in [0.1, 0.15) is 12.8 Å². The van der Waals surface area contributed by atoms with E-state index in [1.54, 1.807) is 29.2 Å². The number of benzene rings is 1. The van der Waals surface area contributed by atoms with Crippen LogP contribution in [0.25, 0.3) is 0 Å². The number of hydrogen-bond acceptors (Lipinski definition) is 5. The fourth-order valence-electron chi connectivity index (χ4n) is 2.25. The maximum Gasteiger partial charge on any atom is 0.328 e. The molecule has 1 N–H and O–H groups in total. The third-order valence-electron chi connectivity index (χ3n) is 3.26. The van der Waals surface area contributed by atoms with Crippen LogP contribution in [0.5, 0.6) is 5.75 Å². The normalized spacial score (nSPS) is 18.1. The van der Waals surface area contributed by atoms with Gasteiger partial charge in [0.15, 0.2) is 0 Å². The fraction of sp³-hybridized carbons (Fsp3) is 0.429. The number of phenolic OH excluding ortho intramolecular Hbond substituents is 1. The number of methoxy groups -OCH3 is 1. The van der Waals surface area contributed by atoms with Gasteiger partial charge < -0.3 is 14.7 Å². The maximum atomic E-state index is 12.2. The number of amides is 1. The molecule has 0 radical (unpaired) electrons. The predicted octanol–water partition coefficient (Wildman–Crippen LogP) is 1.65. The second-order valence-corrected chi connectivity index (χ2v) is 5.54. The van der Waals surface area contributed by atoms with Crippen LogP contribution in [0.4, 0.5) is 0 Å². The van der Waals surface area contributed by atoms with Crippen molar-refractivity contribution in [2.75, 3.05) is 19.4 Å². The molecule has 1 atom stereocenters. The lowest BCUT2D eigenvalue weighted by molar-refractivity contribution is -0.150. The molecule has 1 aliphatic heterocycles. The van der Waals surface area contributed by atoms with E-state index in [0.717, 1.165) is 6.42 Å². The Hall–Kier alpha value is -1.69.